The molecule has 1 fully saturated rings. The third kappa shape index (κ3) is 2.64. The van der Waals surface area contributed by atoms with E-state index < -0.39 is 38.1 Å². The molecule has 156 valence electrons. The molecule has 31 heavy (non-hydrogen) atoms. The van der Waals surface area contributed by atoms with E-state index in [-0.39, 0.29) is 17.8 Å². The Balaban J connectivity index is 1.76. The van der Waals surface area contributed by atoms with Gasteiger partial charge in [0, 0.05) is 11.3 Å². The minimum atomic E-state index is -4.27. The van der Waals surface area contributed by atoms with Gasteiger partial charge in [-0.15, -0.1) is 0 Å². The van der Waals surface area contributed by atoms with Gasteiger partial charge in [-0.1, -0.05) is 54.6 Å². The molecule has 0 radical (unpaired) electrons. The minimum absolute atomic E-state index is 0.0239. The van der Waals surface area contributed by atoms with E-state index in [2.05, 4.69) is 0 Å². The first-order valence-corrected chi connectivity index (χ1v) is 11.3. The normalized spacial score (nSPS) is 21.7. The van der Waals surface area contributed by atoms with Crippen molar-refractivity contribution in [1.82, 2.24) is 0 Å². The monoisotopic (exact) mass is 436 g/mol. The number of para-hydroxylation sites is 1. The van der Waals surface area contributed by atoms with Crippen LogP contribution in [0.1, 0.15) is 11.1 Å². The van der Waals surface area contributed by atoms with Crippen LogP contribution in [0.4, 0.5) is 15.8 Å². The van der Waals surface area contributed by atoms with Crippen LogP contribution in [-0.4, -0.2) is 26.0 Å². The van der Waals surface area contributed by atoms with Crippen molar-refractivity contribution < 1.29 is 22.4 Å². The van der Waals surface area contributed by atoms with Crippen molar-refractivity contribution in [2.45, 2.75) is 11.4 Å². The Bertz CT molecular complexity index is 1330. The molecule has 2 aliphatic rings. The number of hydrogen-bond acceptors (Lipinski definition) is 4. The van der Waals surface area contributed by atoms with Crippen LogP contribution in [0.25, 0.3) is 0 Å². The molecule has 1 saturated heterocycles. The molecule has 8 heteroatoms. The number of sulfone groups is 1. The Morgan fingerprint density at radius 2 is 1.61 bits per heavy atom. The molecule has 6 nitrogen and oxygen atoms in total. The second-order valence-electron chi connectivity index (χ2n) is 7.51. The molecule has 0 aromatic heterocycles. The fraction of sp³-hybridized carbons (Fsp3) is 0.130. The van der Waals surface area contributed by atoms with E-state index >= 15 is 0 Å². The highest BCUT2D eigenvalue weighted by molar-refractivity contribution is 7.94. The molecule has 5 rings (SSSR count). The molecule has 0 N–H and O–H groups in total. The van der Waals surface area contributed by atoms with Gasteiger partial charge in [-0.05, 0) is 29.8 Å². The van der Waals surface area contributed by atoms with Crippen molar-refractivity contribution in [2.24, 2.45) is 0 Å². The van der Waals surface area contributed by atoms with Crippen molar-refractivity contribution in [3.05, 3.63) is 95.8 Å². The number of hydrogen-bond donors (Lipinski definition) is 0. The molecule has 2 aliphatic heterocycles. The second kappa shape index (κ2) is 6.75. The highest BCUT2D eigenvalue weighted by Crippen LogP contribution is 2.52. The average molecular weight is 436 g/mol. The smallest absolute Gasteiger partial charge is 0.274 e. The van der Waals surface area contributed by atoms with Crippen molar-refractivity contribution >= 4 is 33.0 Å². The van der Waals surface area contributed by atoms with Gasteiger partial charge in [0.25, 0.3) is 10.8 Å². The van der Waals surface area contributed by atoms with Gasteiger partial charge in [0.1, 0.15) is 11.6 Å². The number of rotatable bonds is 3. The number of carbonyl (C=O) groups is 2. The predicted octanol–water partition coefficient (Wildman–Crippen LogP) is 2.99. The van der Waals surface area contributed by atoms with Crippen molar-refractivity contribution in [1.29, 1.82) is 0 Å². The summed E-state index contributed by atoms with van der Waals surface area (Å²) in [5, 5.41) is 0. The van der Waals surface area contributed by atoms with E-state index in [1.165, 1.54) is 23.1 Å². The molecule has 0 aliphatic carbocycles. The summed E-state index contributed by atoms with van der Waals surface area (Å²) in [6.07, 6.45) is 0. The van der Waals surface area contributed by atoms with Crippen molar-refractivity contribution in [2.75, 3.05) is 15.6 Å². The topological polar surface area (TPSA) is 74.8 Å². The van der Waals surface area contributed by atoms with Gasteiger partial charge >= 0.3 is 0 Å². The fourth-order valence-corrected chi connectivity index (χ4v) is 6.46. The third-order valence-electron chi connectivity index (χ3n) is 5.67. The van der Waals surface area contributed by atoms with Crippen LogP contribution in [0, 0.1) is 5.82 Å². The zero-order valence-electron chi connectivity index (χ0n) is 16.2. The number of anilines is 2. The van der Waals surface area contributed by atoms with Crippen LogP contribution in [0.5, 0.6) is 0 Å². The molecule has 0 bridgehead atoms. The quantitative estimate of drug-likeness (QED) is 0.633. The Hall–Kier alpha value is -3.52. The molecular weight excluding hydrogens is 419 g/mol. The number of carbonyl (C=O) groups excluding carboxylic acids is 2. The van der Waals surface area contributed by atoms with Crippen LogP contribution in [0.2, 0.25) is 0 Å². The number of amides is 2. The van der Waals surface area contributed by atoms with Crippen LogP contribution >= 0.6 is 0 Å². The maximum atomic E-state index is 14.0. The fourth-order valence-electron chi connectivity index (χ4n) is 4.43. The highest BCUT2D eigenvalue weighted by atomic mass is 32.2. The van der Waals surface area contributed by atoms with E-state index in [9.17, 15) is 22.4 Å². The third-order valence-corrected chi connectivity index (χ3v) is 7.78. The van der Waals surface area contributed by atoms with Gasteiger partial charge in [0.15, 0.2) is 9.84 Å². The van der Waals surface area contributed by atoms with E-state index in [0.717, 1.165) is 16.5 Å². The first-order valence-electron chi connectivity index (χ1n) is 9.62. The molecule has 0 unspecified atom stereocenters. The van der Waals surface area contributed by atoms with Crippen molar-refractivity contribution in [3.8, 4) is 0 Å². The van der Waals surface area contributed by atoms with Gasteiger partial charge in [-0.3, -0.25) is 14.5 Å². The lowest BCUT2D eigenvalue weighted by Gasteiger charge is -2.32. The van der Waals surface area contributed by atoms with E-state index in [4.69, 9.17) is 0 Å². The van der Waals surface area contributed by atoms with Crippen molar-refractivity contribution in [3.63, 3.8) is 0 Å². The standard InChI is InChI=1S/C23H17FN2O4S/c24-17-9-6-10-18(13-17)26-21(27)15-31(29,30)23(26)19-11-4-5-12-20(19)25(22(23)28)14-16-7-2-1-3-8-16/h1-13H,14-15H2/t23-/m0/s1. The summed E-state index contributed by atoms with van der Waals surface area (Å²) in [5.74, 6) is -2.98. The number of halogens is 1. The van der Waals surface area contributed by atoms with Gasteiger partial charge in [0.2, 0.25) is 5.91 Å². The Morgan fingerprint density at radius 3 is 2.35 bits per heavy atom. The Labute approximate surface area is 178 Å². The summed E-state index contributed by atoms with van der Waals surface area (Å²) in [5.41, 5.74) is 1.44. The molecular formula is C23H17FN2O4S. The maximum absolute atomic E-state index is 14.0. The molecule has 1 spiro atoms. The molecule has 2 amide bonds. The molecule has 0 saturated carbocycles. The molecule has 3 aromatic rings. The largest absolute Gasteiger partial charge is 0.304 e. The first-order chi connectivity index (χ1) is 14.9. The van der Waals surface area contributed by atoms with Gasteiger partial charge < -0.3 is 4.90 Å². The van der Waals surface area contributed by atoms with E-state index in [1.807, 2.05) is 30.3 Å². The number of benzene rings is 3. The zero-order valence-corrected chi connectivity index (χ0v) is 17.0. The van der Waals surface area contributed by atoms with Gasteiger partial charge in [-0.25, -0.2) is 12.8 Å². The lowest BCUT2D eigenvalue weighted by molar-refractivity contribution is -0.123. The predicted molar refractivity (Wildman–Crippen MR) is 113 cm³/mol. The van der Waals surface area contributed by atoms with E-state index in [0.29, 0.717) is 5.69 Å². The summed E-state index contributed by atoms with van der Waals surface area (Å²) in [6, 6.07) is 20.8. The van der Waals surface area contributed by atoms with Gasteiger partial charge in [-0.2, -0.15) is 0 Å². The molecule has 2 heterocycles. The van der Waals surface area contributed by atoms with Gasteiger partial charge in [0.05, 0.1) is 12.2 Å². The highest BCUT2D eigenvalue weighted by Gasteiger charge is 2.69. The summed E-state index contributed by atoms with van der Waals surface area (Å²) < 4.78 is 40.9. The SMILES string of the molecule is O=C1CS(=O)(=O)[C@@]2(C(=O)N(Cc3ccccc3)c3ccccc32)N1c1cccc(F)c1. The van der Waals surface area contributed by atoms with Crippen LogP contribution in [0.3, 0.4) is 0 Å². The zero-order chi connectivity index (χ0) is 21.8. The summed E-state index contributed by atoms with van der Waals surface area (Å²) in [4.78, 5) is 26.9. The summed E-state index contributed by atoms with van der Waals surface area (Å²) in [7, 11) is -4.27. The molecule has 1 atom stereocenters. The Morgan fingerprint density at radius 1 is 0.903 bits per heavy atom. The maximum Gasteiger partial charge on any atom is 0.274 e. The lowest BCUT2D eigenvalue weighted by Crippen LogP contribution is -2.54. The summed E-state index contributed by atoms with van der Waals surface area (Å²) >= 11 is 0. The number of fused-ring (bicyclic) bond motifs is 2. The summed E-state index contributed by atoms with van der Waals surface area (Å²) in [6.45, 7) is 0.138. The lowest BCUT2D eigenvalue weighted by atomic mass is 10.0. The Kier molecular flexibility index (Phi) is 4.23. The van der Waals surface area contributed by atoms with Crippen LogP contribution < -0.4 is 9.80 Å². The van der Waals surface area contributed by atoms with E-state index in [1.54, 1.807) is 24.3 Å². The second-order valence-corrected chi connectivity index (χ2v) is 9.62. The first kappa shape index (κ1) is 19.4. The van der Waals surface area contributed by atoms with Crippen LogP contribution in [0.15, 0.2) is 78.9 Å². The molecule has 3 aromatic carbocycles. The number of nitrogens with zero attached hydrogens (tertiary/aromatic N) is 2. The van der Waals surface area contributed by atoms with Crippen LogP contribution in [-0.2, 0) is 30.8 Å². The average Bonchev–Trinajstić information content (AvgIpc) is 3.12. The minimum Gasteiger partial charge on any atom is -0.304 e.